The van der Waals surface area contributed by atoms with Gasteiger partial charge in [0.15, 0.2) is 16.6 Å². The first kappa shape index (κ1) is 16.4. The Hall–Kier alpha value is -2.08. The maximum atomic E-state index is 9.60. The molecule has 2 bridgehead atoms. The molecule has 0 heterocycles. The minimum Gasteiger partial charge on any atom is -0.504 e. The minimum atomic E-state index is 0.111. The van der Waals surface area contributed by atoms with Crippen LogP contribution >= 0.6 is 12.2 Å². The zero-order valence-electron chi connectivity index (χ0n) is 14.2. The number of nitrogens with zero attached hydrogens (tertiary/aromatic N) is 1. The van der Waals surface area contributed by atoms with Crippen molar-refractivity contribution < 1.29 is 9.84 Å². The number of thiocarbonyl (C=S) groups is 1. The number of aromatic hydroxyl groups is 1. The highest BCUT2D eigenvalue weighted by molar-refractivity contribution is 7.80. The van der Waals surface area contributed by atoms with Crippen LogP contribution in [-0.2, 0) is 0 Å². The second-order valence-electron chi connectivity index (χ2n) is 7.18. The summed E-state index contributed by atoms with van der Waals surface area (Å²) in [6.45, 7) is 0. The molecule has 3 N–H and O–H groups in total. The maximum absolute atomic E-state index is 9.60. The van der Waals surface area contributed by atoms with Gasteiger partial charge in [-0.15, -0.1) is 0 Å². The molecule has 0 spiro atoms. The van der Waals surface area contributed by atoms with Gasteiger partial charge in [0.25, 0.3) is 0 Å². The van der Waals surface area contributed by atoms with Crippen molar-refractivity contribution in [2.45, 2.75) is 25.3 Å². The van der Waals surface area contributed by atoms with Gasteiger partial charge in [-0.3, -0.25) is 5.43 Å². The van der Waals surface area contributed by atoms with E-state index >= 15 is 0 Å². The molecule has 0 unspecified atom stereocenters. The van der Waals surface area contributed by atoms with Crippen molar-refractivity contribution in [3.8, 4) is 11.5 Å². The van der Waals surface area contributed by atoms with E-state index in [0.717, 1.165) is 23.3 Å². The number of ether oxygens (including phenoxy) is 1. The molecule has 132 valence electrons. The van der Waals surface area contributed by atoms with Crippen molar-refractivity contribution in [2.75, 3.05) is 7.11 Å². The summed E-state index contributed by atoms with van der Waals surface area (Å²) >= 11 is 5.39. The molecular formula is C19H23N3O2S. The van der Waals surface area contributed by atoms with Crippen LogP contribution in [0.15, 0.2) is 35.5 Å². The monoisotopic (exact) mass is 357 g/mol. The van der Waals surface area contributed by atoms with E-state index in [9.17, 15) is 5.11 Å². The van der Waals surface area contributed by atoms with Gasteiger partial charge in [0.1, 0.15) is 0 Å². The normalized spacial score (nSPS) is 32.1. The number of allylic oxidation sites excluding steroid dienone is 2. The van der Waals surface area contributed by atoms with Crippen molar-refractivity contribution >= 4 is 23.5 Å². The van der Waals surface area contributed by atoms with Crippen molar-refractivity contribution in [1.29, 1.82) is 0 Å². The van der Waals surface area contributed by atoms with Gasteiger partial charge in [0.2, 0.25) is 0 Å². The average Bonchev–Trinajstić information content (AvgIpc) is 3.29. The molecule has 1 aromatic carbocycles. The molecule has 0 aromatic heterocycles. The molecule has 0 radical (unpaired) electrons. The summed E-state index contributed by atoms with van der Waals surface area (Å²) in [5.74, 6) is 3.71. The maximum Gasteiger partial charge on any atom is 0.187 e. The van der Waals surface area contributed by atoms with Crippen LogP contribution in [0.1, 0.15) is 24.8 Å². The van der Waals surface area contributed by atoms with Crippen LogP contribution in [0.3, 0.4) is 0 Å². The number of fused-ring (bicyclic) bond motifs is 5. The molecule has 0 aliphatic heterocycles. The Morgan fingerprint density at radius 3 is 3.08 bits per heavy atom. The predicted octanol–water partition coefficient (Wildman–Crippen LogP) is 2.80. The van der Waals surface area contributed by atoms with E-state index < -0.39 is 0 Å². The van der Waals surface area contributed by atoms with E-state index in [0.29, 0.717) is 22.8 Å². The fourth-order valence-electron chi connectivity index (χ4n) is 4.85. The van der Waals surface area contributed by atoms with Crippen molar-refractivity contribution in [3.05, 3.63) is 35.9 Å². The minimum absolute atomic E-state index is 0.111. The number of benzene rings is 1. The lowest BCUT2D eigenvalue weighted by Crippen LogP contribution is -2.45. The van der Waals surface area contributed by atoms with Crippen LogP contribution in [0, 0.1) is 23.7 Å². The third-order valence-electron chi connectivity index (χ3n) is 5.91. The SMILES string of the molecule is COc1cc(/C=N\NC(=S)N[C@@H]2C[C@H]3C[C@H]2[C@H]2C=CC[C@H]32)ccc1O. The fourth-order valence-corrected chi connectivity index (χ4v) is 5.06. The summed E-state index contributed by atoms with van der Waals surface area (Å²) in [7, 11) is 1.52. The van der Waals surface area contributed by atoms with E-state index in [-0.39, 0.29) is 5.75 Å². The Labute approximate surface area is 153 Å². The standard InChI is InChI=1S/C19H23N3O2S/c1-24-18-7-11(5-6-17(18)23)10-20-22-19(25)21-16-9-12-8-15(16)14-4-2-3-13(12)14/h2,4-7,10,12-16,23H,3,8-9H2,1H3,(H2,21,22,25)/b20-10-/t12-,13-,14+,15+,16-/m1/s1. The summed E-state index contributed by atoms with van der Waals surface area (Å²) in [5.41, 5.74) is 3.72. The first-order chi connectivity index (χ1) is 12.2. The molecule has 0 amide bonds. The first-order valence-electron chi connectivity index (χ1n) is 8.79. The van der Waals surface area contributed by atoms with Crippen molar-refractivity contribution in [2.24, 2.45) is 28.8 Å². The zero-order valence-corrected chi connectivity index (χ0v) is 15.0. The number of rotatable bonds is 4. The highest BCUT2D eigenvalue weighted by Crippen LogP contribution is 2.56. The first-order valence-corrected chi connectivity index (χ1v) is 9.20. The van der Waals surface area contributed by atoms with Gasteiger partial charge < -0.3 is 15.2 Å². The number of phenolic OH excluding ortho intramolecular Hbond substituents is 1. The number of phenols is 1. The van der Waals surface area contributed by atoms with Crippen LogP contribution in [0.5, 0.6) is 11.5 Å². The molecule has 0 saturated heterocycles. The summed E-state index contributed by atoms with van der Waals surface area (Å²) in [5, 5.41) is 17.8. The Bertz CT molecular complexity index is 733. The summed E-state index contributed by atoms with van der Waals surface area (Å²) in [4.78, 5) is 0. The second kappa shape index (κ2) is 6.67. The van der Waals surface area contributed by atoms with E-state index in [1.807, 2.05) is 0 Å². The van der Waals surface area contributed by atoms with Crippen molar-refractivity contribution in [1.82, 2.24) is 10.7 Å². The zero-order chi connectivity index (χ0) is 17.4. The third kappa shape index (κ3) is 3.11. The summed E-state index contributed by atoms with van der Waals surface area (Å²) in [6.07, 6.45) is 10.2. The molecular weight excluding hydrogens is 334 g/mol. The number of nitrogens with one attached hydrogen (secondary N) is 2. The van der Waals surface area contributed by atoms with Gasteiger partial charge in [0, 0.05) is 6.04 Å². The Morgan fingerprint density at radius 2 is 2.24 bits per heavy atom. The number of methoxy groups -OCH3 is 1. The Kier molecular flexibility index (Phi) is 4.37. The lowest BCUT2D eigenvalue weighted by atomic mass is 9.79. The molecule has 1 aromatic rings. The highest BCUT2D eigenvalue weighted by Gasteiger charge is 2.52. The number of hydrogen-bond donors (Lipinski definition) is 3. The largest absolute Gasteiger partial charge is 0.504 e. The molecule has 3 aliphatic carbocycles. The molecule has 25 heavy (non-hydrogen) atoms. The third-order valence-corrected chi connectivity index (χ3v) is 6.12. The summed E-state index contributed by atoms with van der Waals surface area (Å²) < 4.78 is 5.09. The quantitative estimate of drug-likeness (QED) is 0.335. The topological polar surface area (TPSA) is 65.9 Å². The van der Waals surface area contributed by atoms with Gasteiger partial charge in [0.05, 0.1) is 13.3 Å². The second-order valence-corrected chi connectivity index (χ2v) is 7.59. The molecule has 6 heteroatoms. The molecule has 3 aliphatic rings. The van der Waals surface area contributed by atoms with Gasteiger partial charge in [-0.1, -0.05) is 12.2 Å². The number of hydrazone groups is 1. The number of hydrogen-bond acceptors (Lipinski definition) is 4. The smallest absolute Gasteiger partial charge is 0.187 e. The lowest BCUT2D eigenvalue weighted by Gasteiger charge is -2.32. The lowest BCUT2D eigenvalue weighted by molar-refractivity contribution is 0.246. The molecule has 2 fully saturated rings. The van der Waals surface area contributed by atoms with Crippen LogP contribution < -0.4 is 15.5 Å². The van der Waals surface area contributed by atoms with Gasteiger partial charge in [-0.05, 0) is 78.9 Å². The van der Waals surface area contributed by atoms with Crippen LogP contribution in [0.25, 0.3) is 0 Å². The molecule has 5 nitrogen and oxygen atoms in total. The van der Waals surface area contributed by atoms with Gasteiger partial charge in [-0.25, -0.2) is 0 Å². The van der Waals surface area contributed by atoms with Crippen molar-refractivity contribution in [3.63, 3.8) is 0 Å². The molecule has 2 saturated carbocycles. The fraction of sp³-hybridized carbons (Fsp3) is 0.474. The Morgan fingerprint density at radius 1 is 1.36 bits per heavy atom. The van der Waals surface area contributed by atoms with Gasteiger partial charge in [-0.2, -0.15) is 5.10 Å². The summed E-state index contributed by atoms with van der Waals surface area (Å²) in [6, 6.07) is 5.52. The highest BCUT2D eigenvalue weighted by atomic mass is 32.1. The predicted molar refractivity (Wildman–Crippen MR) is 102 cm³/mol. The van der Waals surface area contributed by atoms with Gasteiger partial charge >= 0.3 is 0 Å². The molecule has 4 rings (SSSR count). The van der Waals surface area contributed by atoms with Crippen LogP contribution in [0.2, 0.25) is 0 Å². The van der Waals surface area contributed by atoms with Crippen LogP contribution in [0.4, 0.5) is 0 Å². The average molecular weight is 357 g/mol. The van der Waals surface area contributed by atoms with E-state index in [2.05, 4.69) is 28.0 Å². The van der Waals surface area contributed by atoms with E-state index in [1.54, 1.807) is 24.4 Å². The Balaban J connectivity index is 1.30. The van der Waals surface area contributed by atoms with E-state index in [4.69, 9.17) is 17.0 Å². The van der Waals surface area contributed by atoms with E-state index in [1.165, 1.54) is 26.4 Å². The molecule has 5 atom stereocenters. The van der Waals surface area contributed by atoms with Crippen LogP contribution in [-0.4, -0.2) is 29.6 Å².